The fourth-order valence-electron chi connectivity index (χ4n) is 5.08. The Bertz CT molecular complexity index is 1030. The van der Waals surface area contributed by atoms with Crippen molar-refractivity contribution in [1.82, 2.24) is 0 Å². The number of phenolic OH excluding ortho intramolecular Hbond substituents is 1. The fraction of sp³-hybridized carbons (Fsp3) is 0.333. The van der Waals surface area contributed by atoms with Gasteiger partial charge in [-0.2, -0.15) is 0 Å². The summed E-state index contributed by atoms with van der Waals surface area (Å²) in [5.74, 6) is 0.106. The maximum absolute atomic E-state index is 13.5. The third kappa shape index (κ3) is 4.25. The van der Waals surface area contributed by atoms with Crippen LogP contribution >= 0.6 is 0 Å². The number of hydrogen-bond acceptors (Lipinski definition) is 3. The van der Waals surface area contributed by atoms with Crippen LogP contribution < -0.4 is 9.80 Å². The molecular formula is C27H29FN2O. The van der Waals surface area contributed by atoms with E-state index in [2.05, 4.69) is 34.1 Å². The van der Waals surface area contributed by atoms with Gasteiger partial charge in [0.05, 0.1) is 6.04 Å². The van der Waals surface area contributed by atoms with E-state index in [9.17, 15) is 9.50 Å². The lowest BCUT2D eigenvalue weighted by molar-refractivity contribution is 0.472. The van der Waals surface area contributed by atoms with Gasteiger partial charge < -0.3 is 14.9 Å². The maximum atomic E-state index is 13.5. The molecule has 5 rings (SSSR count). The maximum Gasteiger partial charge on any atom is 0.123 e. The highest BCUT2D eigenvalue weighted by atomic mass is 19.1. The third-order valence-electron chi connectivity index (χ3n) is 6.73. The summed E-state index contributed by atoms with van der Waals surface area (Å²) in [7, 11) is 0. The van der Waals surface area contributed by atoms with Gasteiger partial charge in [-0.15, -0.1) is 0 Å². The standard InChI is InChI=1S/C27H29FN2O/c28-22-6-10-24(11-7-22)30-17-14-21-19-25(31)12-13-26(21)27(30)18-20-4-8-23(9-5-20)29-15-2-1-3-16-29/h4-13,19,27,31H,1-3,14-18H2. The van der Waals surface area contributed by atoms with Gasteiger partial charge in [0.1, 0.15) is 11.6 Å². The first-order valence-corrected chi connectivity index (χ1v) is 11.4. The quantitative estimate of drug-likeness (QED) is 0.576. The van der Waals surface area contributed by atoms with Gasteiger partial charge in [-0.25, -0.2) is 4.39 Å². The molecule has 3 aromatic rings. The summed E-state index contributed by atoms with van der Waals surface area (Å²) in [4.78, 5) is 4.86. The second-order valence-corrected chi connectivity index (χ2v) is 8.74. The van der Waals surface area contributed by atoms with Gasteiger partial charge >= 0.3 is 0 Å². The Morgan fingerprint density at radius 3 is 2.26 bits per heavy atom. The highest BCUT2D eigenvalue weighted by molar-refractivity contribution is 5.54. The summed E-state index contributed by atoms with van der Waals surface area (Å²) in [6.07, 6.45) is 5.63. The molecule has 3 nitrogen and oxygen atoms in total. The average molecular weight is 417 g/mol. The van der Waals surface area contributed by atoms with Gasteiger partial charge in [0.15, 0.2) is 0 Å². The van der Waals surface area contributed by atoms with E-state index >= 15 is 0 Å². The van der Waals surface area contributed by atoms with Crippen LogP contribution in [0.2, 0.25) is 0 Å². The van der Waals surface area contributed by atoms with Crippen molar-refractivity contribution >= 4 is 11.4 Å². The number of benzene rings is 3. The predicted molar refractivity (Wildman–Crippen MR) is 125 cm³/mol. The van der Waals surface area contributed by atoms with Gasteiger partial charge in [-0.1, -0.05) is 18.2 Å². The molecule has 31 heavy (non-hydrogen) atoms. The van der Waals surface area contributed by atoms with Crippen LogP contribution in [0.25, 0.3) is 0 Å². The van der Waals surface area contributed by atoms with Crippen LogP contribution in [0.1, 0.15) is 42.0 Å². The summed E-state index contributed by atoms with van der Waals surface area (Å²) in [5, 5.41) is 9.97. The molecule has 2 heterocycles. The van der Waals surface area contributed by atoms with Crippen molar-refractivity contribution in [3.8, 4) is 5.75 Å². The number of fused-ring (bicyclic) bond motifs is 1. The van der Waals surface area contributed by atoms with E-state index in [1.807, 2.05) is 24.3 Å². The van der Waals surface area contributed by atoms with Crippen LogP contribution in [0.5, 0.6) is 5.75 Å². The number of aromatic hydroxyl groups is 1. The Labute approximate surface area is 183 Å². The van der Waals surface area contributed by atoms with Crippen molar-refractivity contribution in [3.63, 3.8) is 0 Å². The van der Waals surface area contributed by atoms with Crippen LogP contribution in [0.3, 0.4) is 0 Å². The zero-order valence-corrected chi connectivity index (χ0v) is 17.8. The van der Waals surface area contributed by atoms with E-state index in [-0.39, 0.29) is 11.9 Å². The summed E-state index contributed by atoms with van der Waals surface area (Å²) in [6.45, 7) is 3.15. The molecule has 2 aliphatic heterocycles. The molecule has 0 radical (unpaired) electrons. The van der Waals surface area contributed by atoms with Crippen molar-refractivity contribution in [2.75, 3.05) is 29.4 Å². The monoisotopic (exact) mass is 416 g/mol. The van der Waals surface area contributed by atoms with Crippen molar-refractivity contribution < 1.29 is 9.50 Å². The molecule has 0 amide bonds. The molecule has 0 bridgehead atoms. The van der Waals surface area contributed by atoms with E-state index in [0.717, 1.165) is 38.2 Å². The predicted octanol–water partition coefficient (Wildman–Crippen LogP) is 5.87. The van der Waals surface area contributed by atoms with Gasteiger partial charge in [-0.05, 0) is 97.3 Å². The van der Waals surface area contributed by atoms with E-state index < -0.39 is 0 Å². The molecule has 0 saturated carbocycles. The normalized spacial score (nSPS) is 18.7. The summed E-state index contributed by atoms with van der Waals surface area (Å²) >= 11 is 0. The lowest BCUT2D eigenvalue weighted by atomic mass is 9.88. The Hall–Kier alpha value is -3.01. The van der Waals surface area contributed by atoms with E-state index in [1.54, 1.807) is 6.07 Å². The van der Waals surface area contributed by atoms with Crippen molar-refractivity contribution in [1.29, 1.82) is 0 Å². The number of nitrogens with zero attached hydrogens (tertiary/aromatic N) is 2. The van der Waals surface area contributed by atoms with Crippen molar-refractivity contribution in [3.05, 3.63) is 89.2 Å². The lowest BCUT2D eigenvalue weighted by Gasteiger charge is -2.39. The second kappa shape index (κ2) is 8.62. The van der Waals surface area contributed by atoms with Crippen LogP contribution in [0.15, 0.2) is 66.7 Å². The molecule has 2 aliphatic rings. The molecule has 0 aliphatic carbocycles. The second-order valence-electron chi connectivity index (χ2n) is 8.74. The van der Waals surface area contributed by atoms with Crippen LogP contribution in [0, 0.1) is 5.82 Å². The van der Waals surface area contributed by atoms with E-state index in [4.69, 9.17) is 0 Å². The Balaban J connectivity index is 1.44. The first-order chi connectivity index (χ1) is 15.2. The molecule has 160 valence electrons. The molecule has 1 saturated heterocycles. The number of piperidine rings is 1. The smallest absolute Gasteiger partial charge is 0.123 e. The minimum Gasteiger partial charge on any atom is -0.508 e. The molecule has 0 spiro atoms. The SMILES string of the molecule is Oc1ccc2c(c1)CCN(c1ccc(F)cc1)C2Cc1ccc(N2CCCCC2)cc1. The summed E-state index contributed by atoms with van der Waals surface area (Å²) in [6, 6.07) is 21.7. The number of rotatable bonds is 4. The molecule has 3 aromatic carbocycles. The molecule has 1 atom stereocenters. The van der Waals surface area contributed by atoms with Crippen molar-refractivity contribution in [2.45, 2.75) is 38.1 Å². The van der Waals surface area contributed by atoms with Crippen LogP contribution in [0.4, 0.5) is 15.8 Å². The molecular weight excluding hydrogens is 387 g/mol. The van der Waals surface area contributed by atoms with Gasteiger partial charge in [0, 0.05) is 31.0 Å². The average Bonchev–Trinajstić information content (AvgIpc) is 2.81. The zero-order chi connectivity index (χ0) is 21.2. The highest BCUT2D eigenvalue weighted by Gasteiger charge is 2.28. The third-order valence-corrected chi connectivity index (χ3v) is 6.73. The molecule has 0 aromatic heterocycles. The van der Waals surface area contributed by atoms with Gasteiger partial charge in [-0.3, -0.25) is 0 Å². The minimum atomic E-state index is -0.212. The van der Waals surface area contributed by atoms with E-state index in [1.165, 1.54) is 53.8 Å². The number of hydrogen-bond donors (Lipinski definition) is 1. The highest BCUT2D eigenvalue weighted by Crippen LogP contribution is 2.37. The number of halogens is 1. The zero-order valence-electron chi connectivity index (χ0n) is 17.8. The summed E-state index contributed by atoms with van der Waals surface area (Å²) < 4.78 is 13.5. The number of phenols is 1. The number of anilines is 2. The molecule has 1 fully saturated rings. The summed E-state index contributed by atoms with van der Waals surface area (Å²) in [5.41, 5.74) is 6.09. The van der Waals surface area contributed by atoms with Crippen LogP contribution in [-0.4, -0.2) is 24.7 Å². The lowest BCUT2D eigenvalue weighted by Crippen LogP contribution is -2.36. The fourth-order valence-corrected chi connectivity index (χ4v) is 5.08. The van der Waals surface area contributed by atoms with E-state index in [0.29, 0.717) is 5.75 Å². The molecule has 1 unspecified atom stereocenters. The first kappa shape index (κ1) is 19.9. The Kier molecular flexibility index (Phi) is 5.54. The largest absolute Gasteiger partial charge is 0.508 e. The topological polar surface area (TPSA) is 26.7 Å². The minimum absolute atomic E-state index is 0.149. The van der Waals surface area contributed by atoms with Crippen molar-refractivity contribution in [2.24, 2.45) is 0 Å². The van der Waals surface area contributed by atoms with Gasteiger partial charge in [0.2, 0.25) is 0 Å². The first-order valence-electron chi connectivity index (χ1n) is 11.4. The Morgan fingerprint density at radius 1 is 0.806 bits per heavy atom. The molecule has 4 heteroatoms. The van der Waals surface area contributed by atoms with Crippen LogP contribution in [-0.2, 0) is 12.8 Å². The van der Waals surface area contributed by atoms with Gasteiger partial charge in [0.25, 0.3) is 0 Å². The molecule has 1 N–H and O–H groups in total. The Morgan fingerprint density at radius 2 is 1.52 bits per heavy atom.